The van der Waals surface area contributed by atoms with Gasteiger partial charge in [-0.05, 0) is 56.9 Å². The van der Waals surface area contributed by atoms with Gasteiger partial charge >= 0.3 is 0 Å². The van der Waals surface area contributed by atoms with Crippen molar-refractivity contribution < 1.29 is 5.11 Å². The van der Waals surface area contributed by atoms with Crippen LogP contribution < -0.4 is 0 Å². The first-order valence-corrected chi connectivity index (χ1v) is 6.96. The molecule has 2 saturated carbocycles. The number of aliphatic hydroxyl groups is 1. The summed E-state index contributed by atoms with van der Waals surface area (Å²) in [7, 11) is 2.26. The van der Waals surface area contributed by atoms with Crippen LogP contribution in [-0.2, 0) is 0 Å². The molecule has 0 aromatic carbocycles. The standard InChI is InChI=1S/C14H27NO/c1-10(2)13-7-6-12(16)8-14(13)15(3)9-11-4-5-11/h10-14,16H,4-9H2,1-3H3. The minimum atomic E-state index is -0.0540. The Balaban J connectivity index is 1.94. The molecule has 0 heterocycles. The monoisotopic (exact) mass is 225 g/mol. The fourth-order valence-corrected chi connectivity index (χ4v) is 3.28. The third kappa shape index (κ3) is 2.98. The van der Waals surface area contributed by atoms with Gasteiger partial charge in [0.15, 0.2) is 0 Å². The number of aliphatic hydroxyl groups excluding tert-OH is 1. The number of nitrogens with zero attached hydrogens (tertiary/aromatic N) is 1. The first-order chi connectivity index (χ1) is 7.58. The lowest BCUT2D eigenvalue weighted by Gasteiger charge is -2.42. The van der Waals surface area contributed by atoms with Crippen molar-refractivity contribution in [3.63, 3.8) is 0 Å². The predicted molar refractivity (Wildman–Crippen MR) is 67.3 cm³/mol. The van der Waals surface area contributed by atoms with Crippen LogP contribution in [0.25, 0.3) is 0 Å². The van der Waals surface area contributed by atoms with Crippen molar-refractivity contribution in [1.29, 1.82) is 0 Å². The molecular weight excluding hydrogens is 198 g/mol. The Morgan fingerprint density at radius 2 is 1.88 bits per heavy atom. The van der Waals surface area contributed by atoms with Crippen molar-refractivity contribution in [2.75, 3.05) is 13.6 Å². The highest BCUT2D eigenvalue weighted by molar-refractivity contribution is 4.89. The Hall–Kier alpha value is -0.0800. The Labute approximate surface area is 100 Å². The van der Waals surface area contributed by atoms with Crippen LogP contribution in [0.4, 0.5) is 0 Å². The van der Waals surface area contributed by atoms with Crippen molar-refractivity contribution in [2.24, 2.45) is 17.8 Å². The molecule has 16 heavy (non-hydrogen) atoms. The first-order valence-electron chi connectivity index (χ1n) is 6.96. The summed E-state index contributed by atoms with van der Waals surface area (Å²) < 4.78 is 0. The molecule has 0 bridgehead atoms. The minimum Gasteiger partial charge on any atom is -0.393 e. The third-order valence-corrected chi connectivity index (χ3v) is 4.51. The van der Waals surface area contributed by atoms with E-state index in [1.165, 1.54) is 25.8 Å². The molecule has 94 valence electrons. The molecule has 0 amide bonds. The summed E-state index contributed by atoms with van der Waals surface area (Å²) in [4.78, 5) is 2.53. The van der Waals surface area contributed by atoms with E-state index < -0.39 is 0 Å². The largest absolute Gasteiger partial charge is 0.393 e. The molecule has 0 aliphatic heterocycles. The highest BCUT2D eigenvalue weighted by Crippen LogP contribution is 2.36. The summed E-state index contributed by atoms with van der Waals surface area (Å²) in [6, 6.07) is 0.615. The molecule has 0 saturated heterocycles. The van der Waals surface area contributed by atoms with Gasteiger partial charge in [-0.2, -0.15) is 0 Å². The number of hydrogen-bond donors (Lipinski definition) is 1. The second-order valence-corrected chi connectivity index (χ2v) is 6.33. The highest BCUT2D eigenvalue weighted by Gasteiger charge is 2.35. The van der Waals surface area contributed by atoms with E-state index in [0.717, 1.165) is 30.6 Å². The average Bonchev–Trinajstić information content (AvgIpc) is 3.01. The fourth-order valence-electron chi connectivity index (χ4n) is 3.28. The summed E-state index contributed by atoms with van der Waals surface area (Å²) >= 11 is 0. The van der Waals surface area contributed by atoms with Crippen molar-refractivity contribution >= 4 is 0 Å². The molecule has 2 fully saturated rings. The molecule has 3 atom stereocenters. The van der Waals surface area contributed by atoms with Crippen LogP contribution in [0.15, 0.2) is 0 Å². The van der Waals surface area contributed by atoms with Gasteiger partial charge in [0.2, 0.25) is 0 Å². The van der Waals surface area contributed by atoms with Crippen LogP contribution in [0, 0.1) is 17.8 Å². The molecule has 0 spiro atoms. The Bertz CT molecular complexity index is 225. The zero-order valence-electron chi connectivity index (χ0n) is 11.0. The van der Waals surface area contributed by atoms with Gasteiger partial charge in [-0.15, -0.1) is 0 Å². The van der Waals surface area contributed by atoms with E-state index in [-0.39, 0.29) is 6.10 Å². The topological polar surface area (TPSA) is 23.5 Å². The van der Waals surface area contributed by atoms with Crippen LogP contribution in [-0.4, -0.2) is 35.7 Å². The van der Waals surface area contributed by atoms with Gasteiger partial charge in [0.05, 0.1) is 6.10 Å². The normalized spacial score (nSPS) is 36.0. The average molecular weight is 225 g/mol. The van der Waals surface area contributed by atoms with E-state index >= 15 is 0 Å². The summed E-state index contributed by atoms with van der Waals surface area (Å²) in [5.74, 6) is 2.49. The predicted octanol–water partition coefficient (Wildman–Crippen LogP) is 2.51. The Morgan fingerprint density at radius 1 is 1.19 bits per heavy atom. The van der Waals surface area contributed by atoms with E-state index in [2.05, 4.69) is 25.8 Å². The molecule has 2 aliphatic rings. The van der Waals surface area contributed by atoms with Gasteiger partial charge in [-0.25, -0.2) is 0 Å². The summed E-state index contributed by atoms with van der Waals surface area (Å²) in [5, 5.41) is 9.85. The molecule has 2 heteroatoms. The van der Waals surface area contributed by atoms with E-state index in [0.29, 0.717) is 6.04 Å². The molecule has 2 nitrogen and oxygen atoms in total. The second kappa shape index (κ2) is 5.05. The molecule has 2 rings (SSSR count). The van der Waals surface area contributed by atoms with Gasteiger partial charge < -0.3 is 10.0 Å². The van der Waals surface area contributed by atoms with Crippen LogP contribution in [0.3, 0.4) is 0 Å². The molecular formula is C14H27NO. The van der Waals surface area contributed by atoms with Gasteiger partial charge in [0, 0.05) is 12.6 Å². The lowest BCUT2D eigenvalue weighted by atomic mass is 9.76. The highest BCUT2D eigenvalue weighted by atomic mass is 16.3. The molecule has 3 unspecified atom stereocenters. The second-order valence-electron chi connectivity index (χ2n) is 6.33. The SMILES string of the molecule is CC(C)C1CCC(O)CC1N(C)CC1CC1. The Morgan fingerprint density at radius 3 is 2.44 bits per heavy atom. The van der Waals surface area contributed by atoms with Crippen molar-refractivity contribution in [1.82, 2.24) is 4.90 Å². The zero-order valence-corrected chi connectivity index (χ0v) is 11.0. The van der Waals surface area contributed by atoms with Crippen LogP contribution >= 0.6 is 0 Å². The van der Waals surface area contributed by atoms with Gasteiger partial charge in [-0.3, -0.25) is 0 Å². The smallest absolute Gasteiger partial charge is 0.0555 e. The molecule has 0 radical (unpaired) electrons. The quantitative estimate of drug-likeness (QED) is 0.794. The summed E-state index contributed by atoms with van der Waals surface area (Å²) in [6.07, 6.45) is 6.00. The zero-order chi connectivity index (χ0) is 11.7. The number of rotatable bonds is 4. The van der Waals surface area contributed by atoms with E-state index in [1.807, 2.05) is 0 Å². The maximum Gasteiger partial charge on any atom is 0.0555 e. The lowest BCUT2D eigenvalue weighted by molar-refractivity contribution is 0.0207. The van der Waals surface area contributed by atoms with Crippen molar-refractivity contribution in [3.05, 3.63) is 0 Å². The molecule has 0 aromatic rings. The summed E-state index contributed by atoms with van der Waals surface area (Å²) in [5.41, 5.74) is 0. The third-order valence-electron chi connectivity index (χ3n) is 4.51. The van der Waals surface area contributed by atoms with Crippen LogP contribution in [0.5, 0.6) is 0 Å². The van der Waals surface area contributed by atoms with Gasteiger partial charge in [0.1, 0.15) is 0 Å². The van der Waals surface area contributed by atoms with Gasteiger partial charge in [-0.1, -0.05) is 13.8 Å². The Kier molecular flexibility index (Phi) is 3.91. The summed E-state index contributed by atoms with van der Waals surface area (Å²) in [6.45, 7) is 5.92. The maximum atomic E-state index is 9.85. The lowest BCUT2D eigenvalue weighted by Crippen LogP contribution is -2.46. The van der Waals surface area contributed by atoms with Crippen molar-refractivity contribution in [2.45, 2.75) is 58.1 Å². The van der Waals surface area contributed by atoms with E-state index in [4.69, 9.17) is 0 Å². The number of hydrogen-bond acceptors (Lipinski definition) is 2. The molecule has 1 N–H and O–H groups in total. The fraction of sp³-hybridized carbons (Fsp3) is 1.00. The van der Waals surface area contributed by atoms with Crippen LogP contribution in [0.2, 0.25) is 0 Å². The van der Waals surface area contributed by atoms with E-state index in [1.54, 1.807) is 0 Å². The van der Waals surface area contributed by atoms with Crippen molar-refractivity contribution in [3.8, 4) is 0 Å². The maximum absolute atomic E-state index is 9.85. The minimum absolute atomic E-state index is 0.0540. The van der Waals surface area contributed by atoms with Gasteiger partial charge in [0.25, 0.3) is 0 Å². The first kappa shape index (κ1) is 12.4. The van der Waals surface area contributed by atoms with Crippen LogP contribution in [0.1, 0.15) is 46.0 Å². The van der Waals surface area contributed by atoms with E-state index in [9.17, 15) is 5.11 Å². The molecule has 0 aromatic heterocycles. The molecule has 2 aliphatic carbocycles.